The summed E-state index contributed by atoms with van der Waals surface area (Å²) in [7, 11) is 0. The lowest BCUT2D eigenvalue weighted by atomic mass is 9.93. The predicted molar refractivity (Wildman–Crippen MR) is 136 cm³/mol. The Morgan fingerprint density at radius 2 is 1.69 bits per heavy atom. The van der Waals surface area contributed by atoms with Crippen LogP contribution >= 0.6 is 23.5 Å². The third-order valence-corrected chi connectivity index (χ3v) is 7.92. The van der Waals surface area contributed by atoms with E-state index in [1.54, 1.807) is 28.6 Å². The molecule has 0 bridgehead atoms. The van der Waals surface area contributed by atoms with Gasteiger partial charge in [0.05, 0.1) is 18.7 Å². The lowest BCUT2D eigenvalue weighted by Gasteiger charge is -2.37. The fraction of sp³-hybridized carbons (Fsp3) is 0.385. The summed E-state index contributed by atoms with van der Waals surface area (Å²) in [6.45, 7) is -1.16. The third-order valence-electron chi connectivity index (χ3n) is 6.42. The largest absolute Gasteiger partial charge is 0.416 e. The molecule has 13 heteroatoms. The van der Waals surface area contributed by atoms with Crippen LogP contribution in [0.5, 0.6) is 0 Å². The zero-order chi connectivity index (χ0) is 28.4. The van der Waals surface area contributed by atoms with Crippen LogP contribution in [0.3, 0.4) is 0 Å². The molecule has 210 valence electrons. The Kier molecular flexibility index (Phi) is 8.58. The molecule has 2 aromatic carbocycles. The van der Waals surface area contributed by atoms with Gasteiger partial charge in [0.2, 0.25) is 5.91 Å². The molecule has 0 atom stereocenters. The standard InChI is InChI=1S/C26H24ClF6N3O2S/c27-20-5-2-1-4-18(20)19-14-17(26(31,32)33)7-8-21(19)39-36-12-9-24(28,10-13-36)23(38)34-11-3-6-22(37)35-15-25(29,30)16-35/h1-8,14H,9-13,15-16H2,(H,34,38)/b6-3+. The zero-order valence-corrected chi connectivity index (χ0v) is 22.0. The number of halogens is 7. The Morgan fingerprint density at radius 3 is 2.31 bits per heavy atom. The van der Waals surface area contributed by atoms with Crippen molar-refractivity contribution in [1.82, 2.24) is 14.5 Å². The van der Waals surface area contributed by atoms with Crippen LogP contribution in [0.4, 0.5) is 26.3 Å². The molecule has 0 spiro atoms. The number of carbonyl (C=O) groups is 2. The van der Waals surface area contributed by atoms with Crippen LogP contribution in [-0.2, 0) is 15.8 Å². The number of benzene rings is 2. The average Bonchev–Trinajstić information content (AvgIpc) is 2.86. The highest BCUT2D eigenvalue weighted by molar-refractivity contribution is 7.97. The number of amides is 2. The first kappa shape index (κ1) is 29.3. The molecule has 0 unspecified atom stereocenters. The van der Waals surface area contributed by atoms with Gasteiger partial charge in [-0.25, -0.2) is 17.5 Å². The number of piperidine rings is 1. The van der Waals surface area contributed by atoms with Crippen molar-refractivity contribution in [2.24, 2.45) is 0 Å². The summed E-state index contributed by atoms with van der Waals surface area (Å²) < 4.78 is 83.0. The summed E-state index contributed by atoms with van der Waals surface area (Å²) in [5.41, 5.74) is -2.27. The minimum absolute atomic E-state index is 0.147. The summed E-state index contributed by atoms with van der Waals surface area (Å²) in [5, 5.41) is 2.68. The minimum atomic E-state index is -4.54. The van der Waals surface area contributed by atoms with Gasteiger partial charge < -0.3 is 10.2 Å². The summed E-state index contributed by atoms with van der Waals surface area (Å²) in [6.07, 6.45) is -2.53. The number of nitrogens with one attached hydrogen (secondary N) is 1. The van der Waals surface area contributed by atoms with Gasteiger partial charge in [0.25, 0.3) is 11.8 Å². The second-order valence-electron chi connectivity index (χ2n) is 9.34. The van der Waals surface area contributed by atoms with E-state index in [0.717, 1.165) is 35.1 Å². The fourth-order valence-electron chi connectivity index (χ4n) is 4.22. The van der Waals surface area contributed by atoms with Gasteiger partial charge in [0, 0.05) is 54.0 Å². The first-order valence-electron chi connectivity index (χ1n) is 12.0. The molecule has 39 heavy (non-hydrogen) atoms. The maximum Gasteiger partial charge on any atom is 0.416 e. The number of likely N-dealkylation sites (tertiary alicyclic amines) is 1. The van der Waals surface area contributed by atoms with E-state index >= 15 is 4.39 Å². The van der Waals surface area contributed by atoms with Crippen LogP contribution in [0.2, 0.25) is 5.02 Å². The lowest BCUT2D eigenvalue weighted by Crippen LogP contribution is -2.58. The molecule has 2 aromatic rings. The average molecular weight is 592 g/mol. The highest BCUT2D eigenvalue weighted by Crippen LogP contribution is 2.42. The van der Waals surface area contributed by atoms with Crippen molar-refractivity contribution < 1.29 is 35.9 Å². The van der Waals surface area contributed by atoms with E-state index in [9.17, 15) is 31.5 Å². The molecule has 0 saturated carbocycles. The monoisotopic (exact) mass is 591 g/mol. The highest BCUT2D eigenvalue weighted by atomic mass is 35.5. The lowest BCUT2D eigenvalue weighted by molar-refractivity contribution is -0.160. The first-order chi connectivity index (χ1) is 18.3. The van der Waals surface area contributed by atoms with Gasteiger partial charge in [0.1, 0.15) is 0 Å². The second-order valence-corrected chi connectivity index (χ2v) is 10.9. The van der Waals surface area contributed by atoms with Gasteiger partial charge in [-0.3, -0.25) is 9.59 Å². The highest BCUT2D eigenvalue weighted by Gasteiger charge is 2.45. The van der Waals surface area contributed by atoms with Gasteiger partial charge >= 0.3 is 6.18 Å². The van der Waals surface area contributed by atoms with Gasteiger partial charge in [-0.2, -0.15) is 13.2 Å². The Hall–Kier alpha value is -2.70. The van der Waals surface area contributed by atoms with Gasteiger partial charge in [-0.1, -0.05) is 35.9 Å². The molecule has 1 N–H and O–H groups in total. The van der Waals surface area contributed by atoms with E-state index in [2.05, 4.69) is 5.32 Å². The molecular weight excluding hydrogens is 568 g/mol. The summed E-state index contributed by atoms with van der Waals surface area (Å²) in [6, 6.07) is 9.90. The number of rotatable bonds is 7. The second kappa shape index (κ2) is 11.4. The molecule has 0 aliphatic carbocycles. The van der Waals surface area contributed by atoms with E-state index in [4.69, 9.17) is 11.6 Å². The van der Waals surface area contributed by atoms with Crippen molar-refractivity contribution in [3.8, 4) is 11.1 Å². The van der Waals surface area contributed by atoms with Crippen molar-refractivity contribution in [2.45, 2.75) is 35.5 Å². The van der Waals surface area contributed by atoms with E-state index in [-0.39, 0.29) is 37.5 Å². The van der Waals surface area contributed by atoms with Crippen LogP contribution in [0, 0.1) is 0 Å². The number of nitrogens with zero attached hydrogens (tertiary/aromatic N) is 2. The van der Waals surface area contributed by atoms with Crippen LogP contribution in [-0.4, -0.2) is 65.3 Å². The predicted octanol–water partition coefficient (Wildman–Crippen LogP) is 5.99. The SMILES string of the molecule is O=C(/C=C/CNC(=O)C1(F)CCN(Sc2ccc(C(F)(F)F)cc2-c2ccccc2Cl)CC1)N1CC(F)(F)C1. The summed E-state index contributed by atoms with van der Waals surface area (Å²) >= 11 is 7.43. The molecule has 0 radical (unpaired) electrons. The van der Waals surface area contributed by atoms with E-state index < -0.39 is 48.2 Å². The maximum absolute atomic E-state index is 15.3. The van der Waals surface area contributed by atoms with Gasteiger partial charge in [-0.15, -0.1) is 0 Å². The molecule has 2 saturated heterocycles. The van der Waals surface area contributed by atoms with Crippen molar-refractivity contribution in [3.63, 3.8) is 0 Å². The van der Waals surface area contributed by atoms with Crippen LogP contribution in [0.25, 0.3) is 11.1 Å². The van der Waals surface area contributed by atoms with Crippen molar-refractivity contribution in [3.05, 3.63) is 65.2 Å². The van der Waals surface area contributed by atoms with Crippen molar-refractivity contribution in [1.29, 1.82) is 0 Å². The molecule has 0 aromatic heterocycles. The Balaban J connectivity index is 1.35. The molecule has 2 fully saturated rings. The number of alkyl halides is 6. The first-order valence-corrected chi connectivity index (χ1v) is 13.1. The quantitative estimate of drug-likeness (QED) is 0.244. The normalized spacial score (nSPS) is 19.1. The van der Waals surface area contributed by atoms with Gasteiger partial charge in [0.15, 0.2) is 5.67 Å². The number of hydrogen-bond acceptors (Lipinski definition) is 4. The smallest absolute Gasteiger partial charge is 0.350 e. The van der Waals surface area contributed by atoms with Crippen molar-refractivity contribution >= 4 is 35.4 Å². The third kappa shape index (κ3) is 7.09. The molecule has 5 nitrogen and oxygen atoms in total. The maximum atomic E-state index is 15.3. The Bertz CT molecular complexity index is 1260. The van der Waals surface area contributed by atoms with Crippen LogP contribution in [0.15, 0.2) is 59.5 Å². The van der Waals surface area contributed by atoms with E-state index in [1.165, 1.54) is 12.1 Å². The summed E-state index contributed by atoms with van der Waals surface area (Å²) in [5.74, 6) is -4.35. The number of carbonyl (C=O) groups excluding carboxylic acids is 2. The molecule has 2 aliphatic heterocycles. The van der Waals surface area contributed by atoms with Crippen LogP contribution < -0.4 is 5.32 Å². The van der Waals surface area contributed by atoms with Crippen LogP contribution in [0.1, 0.15) is 18.4 Å². The molecule has 2 heterocycles. The summed E-state index contributed by atoms with van der Waals surface area (Å²) in [4.78, 5) is 25.7. The molecule has 2 aliphatic rings. The molecule has 4 rings (SSSR count). The topological polar surface area (TPSA) is 52.7 Å². The minimum Gasteiger partial charge on any atom is -0.350 e. The van der Waals surface area contributed by atoms with Gasteiger partial charge in [-0.05, 0) is 41.8 Å². The van der Waals surface area contributed by atoms with E-state index in [0.29, 0.717) is 16.0 Å². The number of hydrogen-bond donors (Lipinski definition) is 1. The van der Waals surface area contributed by atoms with E-state index in [1.807, 2.05) is 0 Å². The Morgan fingerprint density at radius 1 is 1.03 bits per heavy atom. The fourth-order valence-corrected chi connectivity index (χ4v) is 5.49. The molecule has 2 amide bonds. The zero-order valence-electron chi connectivity index (χ0n) is 20.4. The Labute approximate surface area is 230 Å². The van der Waals surface area contributed by atoms with Crippen molar-refractivity contribution in [2.75, 3.05) is 32.7 Å². The molecular formula is C26H24ClF6N3O2S.